The summed E-state index contributed by atoms with van der Waals surface area (Å²) in [7, 11) is 0. The Morgan fingerprint density at radius 2 is 1.79 bits per heavy atom. The number of halogens is 1. The topological polar surface area (TPSA) is 73.8 Å². The van der Waals surface area contributed by atoms with E-state index in [0.717, 1.165) is 0 Å². The Morgan fingerprint density at radius 3 is 2.52 bits per heavy atom. The third kappa shape index (κ3) is 3.80. The van der Waals surface area contributed by atoms with Crippen molar-refractivity contribution in [2.45, 2.75) is 37.1 Å². The zero-order chi connectivity index (χ0) is 20.6. The standard InChI is InChI=1S/C21H19FN4O2S/c1-21(2,3)19-24-17(28-25-19)12-29-20-23-15-10-6-4-8-13(15)18(27)26(20)16-11-7-5-9-14(16)22/h4-11H,12H2,1-3H3. The molecule has 2 heterocycles. The molecule has 0 saturated heterocycles. The van der Waals surface area contributed by atoms with Crippen LogP contribution in [-0.2, 0) is 11.2 Å². The summed E-state index contributed by atoms with van der Waals surface area (Å²) < 4.78 is 21.1. The lowest BCUT2D eigenvalue weighted by atomic mass is 9.96. The van der Waals surface area contributed by atoms with E-state index in [-0.39, 0.29) is 16.7 Å². The molecule has 6 nitrogen and oxygen atoms in total. The Balaban J connectivity index is 1.79. The van der Waals surface area contributed by atoms with Crippen LogP contribution in [-0.4, -0.2) is 19.7 Å². The van der Waals surface area contributed by atoms with Gasteiger partial charge in [0.2, 0.25) is 5.89 Å². The van der Waals surface area contributed by atoms with Gasteiger partial charge in [-0.15, -0.1) is 0 Å². The van der Waals surface area contributed by atoms with Gasteiger partial charge in [-0.25, -0.2) is 9.37 Å². The summed E-state index contributed by atoms with van der Waals surface area (Å²) in [5, 5.41) is 4.79. The van der Waals surface area contributed by atoms with Crippen LogP contribution in [0.15, 0.2) is 63.0 Å². The molecule has 0 aliphatic rings. The zero-order valence-corrected chi connectivity index (χ0v) is 17.0. The molecule has 0 bridgehead atoms. The molecular formula is C21H19FN4O2S. The molecule has 0 aliphatic heterocycles. The maximum atomic E-state index is 14.5. The first-order valence-electron chi connectivity index (χ1n) is 9.07. The van der Waals surface area contributed by atoms with E-state index in [0.29, 0.717) is 33.5 Å². The fourth-order valence-corrected chi connectivity index (χ4v) is 3.64. The number of benzene rings is 2. The Kier molecular flexibility index (Phi) is 4.96. The molecule has 0 aliphatic carbocycles. The van der Waals surface area contributed by atoms with E-state index in [2.05, 4.69) is 15.1 Å². The van der Waals surface area contributed by atoms with E-state index in [4.69, 9.17) is 4.52 Å². The van der Waals surface area contributed by atoms with Crippen LogP contribution in [0.2, 0.25) is 0 Å². The zero-order valence-electron chi connectivity index (χ0n) is 16.2. The van der Waals surface area contributed by atoms with Gasteiger partial charge in [-0.3, -0.25) is 9.36 Å². The van der Waals surface area contributed by atoms with Crippen molar-refractivity contribution in [2.75, 3.05) is 0 Å². The lowest BCUT2D eigenvalue weighted by Crippen LogP contribution is -2.22. The van der Waals surface area contributed by atoms with Gasteiger partial charge in [0.25, 0.3) is 5.56 Å². The molecule has 0 fully saturated rings. The van der Waals surface area contributed by atoms with Crippen molar-refractivity contribution in [3.05, 3.63) is 76.4 Å². The minimum atomic E-state index is -0.499. The highest BCUT2D eigenvalue weighted by atomic mass is 32.2. The van der Waals surface area contributed by atoms with Gasteiger partial charge in [0, 0.05) is 5.41 Å². The highest BCUT2D eigenvalue weighted by Gasteiger charge is 2.22. The van der Waals surface area contributed by atoms with Gasteiger partial charge in [-0.05, 0) is 24.3 Å². The molecule has 0 radical (unpaired) electrons. The second kappa shape index (κ2) is 7.44. The van der Waals surface area contributed by atoms with Crippen LogP contribution in [0.1, 0.15) is 32.5 Å². The van der Waals surface area contributed by atoms with Crippen molar-refractivity contribution in [3.63, 3.8) is 0 Å². The molecule has 0 N–H and O–H groups in total. The highest BCUT2D eigenvalue weighted by molar-refractivity contribution is 7.98. The minimum absolute atomic E-state index is 0.152. The molecule has 4 rings (SSSR count). The summed E-state index contributed by atoms with van der Waals surface area (Å²) in [5.41, 5.74) is 0.139. The van der Waals surface area contributed by atoms with Crippen LogP contribution < -0.4 is 5.56 Å². The van der Waals surface area contributed by atoms with Gasteiger partial charge in [-0.2, -0.15) is 4.98 Å². The fraction of sp³-hybridized carbons (Fsp3) is 0.238. The van der Waals surface area contributed by atoms with Crippen molar-refractivity contribution >= 4 is 22.7 Å². The molecule has 0 saturated carbocycles. The number of hydrogen-bond donors (Lipinski definition) is 0. The number of aromatic nitrogens is 4. The molecular weight excluding hydrogens is 391 g/mol. The number of thioether (sulfide) groups is 1. The Morgan fingerprint density at radius 1 is 1.07 bits per heavy atom. The summed E-state index contributed by atoms with van der Waals surface area (Å²) in [4.78, 5) is 22.1. The first kappa shape index (κ1) is 19.3. The fourth-order valence-electron chi connectivity index (χ4n) is 2.80. The number of para-hydroxylation sites is 2. The van der Waals surface area contributed by atoms with E-state index >= 15 is 0 Å². The Hall–Kier alpha value is -3.00. The van der Waals surface area contributed by atoms with Crippen molar-refractivity contribution in [3.8, 4) is 5.69 Å². The molecule has 0 unspecified atom stereocenters. The van der Waals surface area contributed by atoms with Crippen molar-refractivity contribution in [1.29, 1.82) is 0 Å². The molecule has 0 amide bonds. The predicted molar refractivity (Wildman–Crippen MR) is 110 cm³/mol. The monoisotopic (exact) mass is 410 g/mol. The molecule has 148 valence electrons. The number of hydrogen-bond acceptors (Lipinski definition) is 6. The maximum Gasteiger partial charge on any atom is 0.266 e. The summed E-state index contributed by atoms with van der Waals surface area (Å²) in [5.74, 6) is 0.831. The van der Waals surface area contributed by atoms with Crippen LogP contribution in [0.3, 0.4) is 0 Å². The van der Waals surface area contributed by atoms with Crippen LogP contribution >= 0.6 is 11.8 Å². The predicted octanol–water partition coefficient (Wildman–Crippen LogP) is 4.50. The number of nitrogens with zero attached hydrogens (tertiary/aromatic N) is 4. The van der Waals surface area contributed by atoms with Crippen molar-refractivity contribution in [1.82, 2.24) is 19.7 Å². The van der Waals surface area contributed by atoms with Crippen LogP contribution in [0.25, 0.3) is 16.6 Å². The molecule has 0 spiro atoms. The van der Waals surface area contributed by atoms with Gasteiger partial charge >= 0.3 is 0 Å². The second-order valence-corrected chi connectivity index (χ2v) is 8.50. The molecule has 29 heavy (non-hydrogen) atoms. The van der Waals surface area contributed by atoms with E-state index < -0.39 is 5.82 Å². The van der Waals surface area contributed by atoms with Gasteiger partial charge < -0.3 is 4.52 Å². The smallest absolute Gasteiger partial charge is 0.266 e. The van der Waals surface area contributed by atoms with E-state index in [9.17, 15) is 9.18 Å². The lowest BCUT2D eigenvalue weighted by molar-refractivity contribution is 0.372. The van der Waals surface area contributed by atoms with Crippen molar-refractivity contribution in [2.24, 2.45) is 0 Å². The highest BCUT2D eigenvalue weighted by Crippen LogP contribution is 2.26. The van der Waals surface area contributed by atoms with E-state index in [1.807, 2.05) is 26.8 Å². The summed E-state index contributed by atoms with van der Waals surface area (Å²) in [6.07, 6.45) is 0. The van der Waals surface area contributed by atoms with Gasteiger partial charge in [-0.1, -0.05) is 62.0 Å². The minimum Gasteiger partial charge on any atom is -0.338 e. The number of fused-ring (bicyclic) bond motifs is 1. The molecule has 4 aromatic rings. The molecule has 8 heteroatoms. The summed E-state index contributed by atoms with van der Waals surface area (Å²) >= 11 is 1.25. The lowest BCUT2D eigenvalue weighted by Gasteiger charge is -2.13. The quantitative estimate of drug-likeness (QED) is 0.364. The van der Waals surface area contributed by atoms with Crippen molar-refractivity contribution < 1.29 is 8.91 Å². The van der Waals surface area contributed by atoms with E-state index in [1.54, 1.807) is 36.4 Å². The first-order valence-corrected chi connectivity index (χ1v) is 10.1. The van der Waals surface area contributed by atoms with E-state index in [1.165, 1.54) is 22.4 Å². The van der Waals surface area contributed by atoms with Crippen LogP contribution in [0.5, 0.6) is 0 Å². The third-order valence-electron chi connectivity index (χ3n) is 4.30. The average Bonchev–Trinajstić information content (AvgIpc) is 3.17. The molecule has 0 atom stereocenters. The van der Waals surface area contributed by atoms with Gasteiger partial charge in [0.05, 0.1) is 22.3 Å². The first-order chi connectivity index (χ1) is 13.8. The third-order valence-corrected chi connectivity index (χ3v) is 5.23. The molecule has 2 aromatic heterocycles. The second-order valence-electron chi connectivity index (χ2n) is 7.55. The normalized spacial score (nSPS) is 11.9. The summed E-state index contributed by atoms with van der Waals surface area (Å²) in [6.45, 7) is 5.99. The maximum absolute atomic E-state index is 14.5. The van der Waals surface area contributed by atoms with Gasteiger partial charge in [0.15, 0.2) is 11.0 Å². The Labute approximate surface area is 170 Å². The average molecular weight is 410 g/mol. The SMILES string of the molecule is CC(C)(C)c1noc(CSc2nc3ccccc3c(=O)n2-c2ccccc2F)n1. The van der Waals surface area contributed by atoms with Gasteiger partial charge in [0.1, 0.15) is 5.82 Å². The van der Waals surface area contributed by atoms with Crippen LogP contribution in [0.4, 0.5) is 4.39 Å². The number of rotatable bonds is 4. The Bertz CT molecular complexity index is 1240. The largest absolute Gasteiger partial charge is 0.338 e. The molecule has 2 aromatic carbocycles. The van der Waals surface area contributed by atoms with Crippen LogP contribution in [0, 0.1) is 5.82 Å². The summed E-state index contributed by atoms with van der Waals surface area (Å²) in [6, 6.07) is 13.2.